The van der Waals surface area contributed by atoms with Crippen LogP contribution in [0.4, 0.5) is 27.8 Å². The predicted molar refractivity (Wildman–Crippen MR) is 103 cm³/mol. The number of benzene rings is 1. The van der Waals surface area contributed by atoms with Crippen molar-refractivity contribution in [1.82, 2.24) is 9.88 Å². The standard InChI is InChI=1S/C18H22N6O3/c1-4-24(5-2)18(26)27-15-11-14(16(19)21-17(15)20-12(3)25)23-22-13-9-7-6-8-10-13/h6-11H,4-5H2,1-3H3,(H3,19,20,21,25)/b23-22+. The van der Waals surface area contributed by atoms with Crippen molar-refractivity contribution in [2.75, 3.05) is 24.1 Å². The third kappa shape index (κ3) is 5.50. The zero-order valence-corrected chi connectivity index (χ0v) is 15.5. The van der Waals surface area contributed by atoms with Crippen molar-refractivity contribution in [3.05, 3.63) is 36.4 Å². The van der Waals surface area contributed by atoms with E-state index < -0.39 is 6.09 Å². The predicted octanol–water partition coefficient (Wildman–Crippen LogP) is 3.88. The maximum atomic E-state index is 12.3. The number of carbonyl (C=O) groups excluding carboxylic acids is 2. The number of nitrogens with zero attached hydrogens (tertiary/aromatic N) is 4. The molecule has 9 nitrogen and oxygen atoms in total. The van der Waals surface area contributed by atoms with Gasteiger partial charge in [0.2, 0.25) is 5.91 Å². The van der Waals surface area contributed by atoms with Crippen LogP contribution in [-0.2, 0) is 4.79 Å². The third-order valence-electron chi connectivity index (χ3n) is 3.54. The molecule has 2 aromatic rings. The van der Waals surface area contributed by atoms with Crippen molar-refractivity contribution in [3.8, 4) is 5.75 Å². The van der Waals surface area contributed by atoms with E-state index in [9.17, 15) is 9.59 Å². The SMILES string of the molecule is CCN(CC)C(=O)Oc1cc(/N=N/c2ccccc2)c(N)nc1NC(C)=O. The number of hydrogen-bond acceptors (Lipinski definition) is 7. The normalized spacial score (nSPS) is 10.6. The Labute approximate surface area is 157 Å². The number of amides is 2. The molecule has 0 atom stereocenters. The topological polar surface area (TPSA) is 122 Å². The Morgan fingerprint density at radius 1 is 1.19 bits per heavy atom. The second kappa shape index (κ2) is 9.27. The zero-order chi connectivity index (χ0) is 19.8. The van der Waals surface area contributed by atoms with Gasteiger partial charge < -0.3 is 20.7 Å². The van der Waals surface area contributed by atoms with Crippen LogP contribution in [0, 0.1) is 0 Å². The smallest absolute Gasteiger partial charge is 0.406 e. The number of nitrogen functional groups attached to an aromatic ring is 1. The van der Waals surface area contributed by atoms with Crippen molar-refractivity contribution < 1.29 is 14.3 Å². The number of carbonyl (C=O) groups is 2. The number of hydrogen-bond donors (Lipinski definition) is 2. The number of pyridine rings is 1. The van der Waals surface area contributed by atoms with Gasteiger partial charge in [0.1, 0.15) is 5.69 Å². The highest BCUT2D eigenvalue weighted by Gasteiger charge is 2.18. The minimum absolute atomic E-state index is 0.0401. The average molecular weight is 370 g/mol. The maximum Gasteiger partial charge on any atom is 0.415 e. The van der Waals surface area contributed by atoms with Crippen LogP contribution in [0.2, 0.25) is 0 Å². The molecule has 0 aliphatic rings. The van der Waals surface area contributed by atoms with Crippen molar-refractivity contribution in [2.45, 2.75) is 20.8 Å². The van der Waals surface area contributed by atoms with Gasteiger partial charge in [0, 0.05) is 26.1 Å². The summed E-state index contributed by atoms with van der Waals surface area (Å²) in [4.78, 5) is 29.3. The molecule has 0 spiro atoms. The molecule has 1 aromatic heterocycles. The summed E-state index contributed by atoms with van der Waals surface area (Å²) in [5.74, 6) is -0.251. The van der Waals surface area contributed by atoms with E-state index in [1.807, 2.05) is 32.0 Å². The van der Waals surface area contributed by atoms with E-state index in [1.54, 1.807) is 12.1 Å². The van der Waals surface area contributed by atoms with Crippen LogP contribution >= 0.6 is 0 Å². The van der Waals surface area contributed by atoms with Gasteiger partial charge in [-0.3, -0.25) is 4.79 Å². The van der Waals surface area contributed by atoms with Gasteiger partial charge in [-0.1, -0.05) is 18.2 Å². The van der Waals surface area contributed by atoms with Crippen molar-refractivity contribution in [3.63, 3.8) is 0 Å². The van der Waals surface area contributed by atoms with Crippen LogP contribution in [0.5, 0.6) is 5.75 Å². The van der Waals surface area contributed by atoms with Crippen LogP contribution in [0.1, 0.15) is 20.8 Å². The molecule has 2 rings (SSSR count). The highest BCUT2D eigenvalue weighted by atomic mass is 16.6. The molecule has 0 fully saturated rings. The minimum atomic E-state index is -0.566. The Hall–Kier alpha value is -3.49. The average Bonchev–Trinajstić information content (AvgIpc) is 2.64. The summed E-state index contributed by atoms with van der Waals surface area (Å²) >= 11 is 0. The Balaban J connectivity index is 2.37. The second-order valence-electron chi connectivity index (χ2n) is 5.50. The molecular weight excluding hydrogens is 348 g/mol. The number of nitrogens with one attached hydrogen (secondary N) is 1. The van der Waals surface area contributed by atoms with Crippen LogP contribution in [0.25, 0.3) is 0 Å². The Morgan fingerprint density at radius 3 is 2.44 bits per heavy atom. The van der Waals surface area contributed by atoms with Gasteiger partial charge in [-0.05, 0) is 26.0 Å². The summed E-state index contributed by atoms with van der Waals surface area (Å²) < 4.78 is 5.39. The molecule has 142 valence electrons. The molecule has 0 unspecified atom stereocenters. The summed E-state index contributed by atoms with van der Waals surface area (Å²) in [5, 5.41) is 10.6. The quantitative estimate of drug-likeness (QED) is 0.747. The molecule has 1 heterocycles. The molecule has 0 saturated heterocycles. The molecule has 0 aliphatic heterocycles. The lowest BCUT2D eigenvalue weighted by Gasteiger charge is -2.19. The second-order valence-corrected chi connectivity index (χ2v) is 5.50. The zero-order valence-electron chi connectivity index (χ0n) is 15.5. The first-order valence-electron chi connectivity index (χ1n) is 8.46. The lowest BCUT2D eigenvalue weighted by Crippen LogP contribution is -2.33. The van der Waals surface area contributed by atoms with Crippen molar-refractivity contribution in [1.29, 1.82) is 0 Å². The van der Waals surface area contributed by atoms with Crippen LogP contribution in [-0.4, -0.2) is 35.0 Å². The molecule has 2 amide bonds. The first-order valence-corrected chi connectivity index (χ1v) is 8.46. The highest BCUT2D eigenvalue weighted by molar-refractivity contribution is 5.90. The van der Waals surface area contributed by atoms with Crippen LogP contribution < -0.4 is 15.8 Å². The van der Waals surface area contributed by atoms with Gasteiger partial charge in [0.05, 0.1) is 5.69 Å². The van der Waals surface area contributed by atoms with Crippen LogP contribution in [0.3, 0.4) is 0 Å². The lowest BCUT2D eigenvalue weighted by atomic mass is 10.3. The molecule has 0 aliphatic carbocycles. The summed E-state index contributed by atoms with van der Waals surface area (Å²) in [7, 11) is 0. The summed E-state index contributed by atoms with van der Waals surface area (Å²) in [6.07, 6.45) is -0.566. The van der Waals surface area contributed by atoms with Gasteiger partial charge >= 0.3 is 6.09 Å². The molecular formula is C18H22N6O3. The Kier molecular flexibility index (Phi) is 6.81. The fourth-order valence-electron chi connectivity index (χ4n) is 2.16. The van der Waals surface area contributed by atoms with Gasteiger partial charge in [-0.15, -0.1) is 5.11 Å². The van der Waals surface area contributed by atoms with E-state index in [2.05, 4.69) is 20.5 Å². The van der Waals surface area contributed by atoms with Crippen molar-refractivity contribution in [2.24, 2.45) is 10.2 Å². The number of nitrogens with two attached hydrogens (primary N) is 1. The largest absolute Gasteiger partial charge is 0.415 e. The number of aromatic nitrogens is 1. The van der Waals surface area contributed by atoms with Gasteiger partial charge in [-0.2, -0.15) is 5.11 Å². The van der Waals surface area contributed by atoms with E-state index in [0.717, 1.165) is 0 Å². The van der Waals surface area contributed by atoms with Gasteiger partial charge in [0.25, 0.3) is 0 Å². The third-order valence-corrected chi connectivity index (χ3v) is 3.54. The molecule has 0 radical (unpaired) electrons. The molecule has 3 N–H and O–H groups in total. The number of azo groups is 1. The monoisotopic (exact) mass is 370 g/mol. The van der Waals surface area contributed by atoms with E-state index in [-0.39, 0.29) is 29.0 Å². The fraction of sp³-hybridized carbons (Fsp3) is 0.278. The lowest BCUT2D eigenvalue weighted by molar-refractivity contribution is -0.114. The first-order chi connectivity index (χ1) is 12.9. The Morgan fingerprint density at radius 2 is 1.85 bits per heavy atom. The number of rotatable bonds is 6. The first kappa shape index (κ1) is 19.8. The summed E-state index contributed by atoms with van der Waals surface area (Å²) in [6, 6.07) is 10.5. The van der Waals surface area contributed by atoms with Gasteiger partial charge in [0.15, 0.2) is 17.4 Å². The van der Waals surface area contributed by atoms with E-state index in [1.165, 1.54) is 17.9 Å². The summed E-state index contributed by atoms with van der Waals surface area (Å²) in [6.45, 7) is 5.94. The van der Waals surface area contributed by atoms with Crippen LogP contribution in [0.15, 0.2) is 46.6 Å². The molecule has 0 bridgehead atoms. The van der Waals surface area contributed by atoms with E-state index in [4.69, 9.17) is 10.5 Å². The minimum Gasteiger partial charge on any atom is -0.406 e. The molecule has 9 heteroatoms. The Bertz CT molecular complexity index is 834. The number of ether oxygens (including phenoxy) is 1. The number of anilines is 2. The fourth-order valence-corrected chi connectivity index (χ4v) is 2.16. The molecule has 0 saturated carbocycles. The van der Waals surface area contributed by atoms with Crippen molar-refractivity contribution >= 4 is 35.0 Å². The molecule has 27 heavy (non-hydrogen) atoms. The van der Waals surface area contributed by atoms with E-state index >= 15 is 0 Å². The van der Waals surface area contributed by atoms with E-state index in [0.29, 0.717) is 18.8 Å². The maximum absolute atomic E-state index is 12.3. The molecule has 1 aromatic carbocycles. The van der Waals surface area contributed by atoms with Gasteiger partial charge in [-0.25, -0.2) is 9.78 Å². The highest BCUT2D eigenvalue weighted by Crippen LogP contribution is 2.33. The summed E-state index contributed by atoms with van der Waals surface area (Å²) in [5.41, 5.74) is 6.75.